The lowest BCUT2D eigenvalue weighted by molar-refractivity contribution is 0.190. The Morgan fingerprint density at radius 1 is 1.29 bits per heavy atom. The Kier molecular flexibility index (Phi) is 5.48. The second kappa shape index (κ2) is 7.59. The number of ether oxygens (including phenoxy) is 1. The minimum absolute atomic E-state index is 0.0711. The molecule has 24 heavy (non-hydrogen) atoms. The van der Waals surface area contributed by atoms with E-state index in [-0.39, 0.29) is 12.1 Å². The maximum atomic E-state index is 12.3. The predicted octanol–water partition coefficient (Wildman–Crippen LogP) is 4.84. The molecule has 1 atom stereocenters. The number of aromatic nitrogens is 1. The predicted molar refractivity (Wildman–Crippen MR) is 98.0 cm³/mol. The van der Waals surface area contributed by atoms with Crippen LogP contribution in [0.25, 0.3) is 0 Å². The lowest BCUT2D eigenvalue weighted by Gasteiger charge is -2.18. The molecule has 3 rings (SSSR count). The molecule has 1 unspecified atom stereocenters. The quantitative estimate of drug-likeness (QED) is 0.758. The van der Waals surface area contributed by atoms with E-state index in [1.165, 1.54) is 0 Å². The number of hydrogen-bond donors (Lipinski definition) is 1. The first-order chi connectivity index (χ1) is 11.5. The maximum absolute atomic E-state index is 12.3. The summed E-state index contributed by atoms with van der Waals surface area (Å²) in [5, 5.41) is 3.66. The number of benzene rings is 1. The zero-order valence-electron chi connectivity index (χ0n) is 12.5. The third-order valence-electron chi connectivity index (χ3n) is 3.59. The zero-order chi connectivity index (χ0) is 17.1. The van der Waals surface area contributed by atoms with Crippen LogP contribution in [0.1, 0.15) is 6.42 Å². The molecule has 1 aliphatic heterocycles. The molecule has 5 nitrogen and oxygen atoms in total. The molecule has 0 saturated carbocycles. The van der Waals surface area contributed by atoms with Crippen molar-refractivity contribution in [3.8, 4) is 5.88 Å². The third kappa shape index (κ3) is 4.32. The first-order valence-corrected chi connectivity index (χ1v) is 8.85. The minimum Gasteiger partial charge on any atom is -0.472 e. The van der Waals surface area contributed by atoms with Crippen LogP contribution in [0.4, 0.5) is 10.5 Å². The highest BCUT2D eigenvalue weighted by Crippen LogP contribution is 2.25. The molecule has 0 aliphatic carbocycles. The number of nitrogens with one attached hydrogen (secondary N) is 1. The highest BCUT2D eigenvalue weighted by atomic mass is 79.9. The zero-order valence-corrected chi connectivity index (χ0v) is 15.6. The van der Waals surface area contributed by atoms with Crippen LogP contribution in [0, 0.1) is 0 Å². The second-order valence-electron chi connectivity index (χ2n) is 5.35. The molecule has 1 fully saturated rings. The molecule has 1 N–H and O–H groups in total. The number of likely N-dealkylation sites (tertiary alicyclic amines) is 1. The van der Waals surface area contributed by atoms with Gasteiger partial charge in [0.05, 0.1) is 16.6 Å². The van der Waals surface area contributed by atoms with Gasteiger partial charge in [0, 0.05) is 35.4 Å². The summed E-state index contributed by atoms with van der Waals surface area (Å²) in [6.45, 7) is 1.12. The van der Waals surface area contributed by atoms with Gasteiger partial charge in [-0.25, -0.2) is 9.78 Å². The number of hydrogen-bond acceptors (Lipinski definition) is 3. The van der Waals surface area contributed by atoms with Crippen LogP contribution in [0.5, 0.6) is 5.88 Å². The van der Waals surface area contributed by atoms with Gasteiger partial charge in [-0.3, -0.25) is 0 Å². The standard InChI is InChI=1S/C16H14BrCl2N3O2/c17-10-1-4-15(20-8-10)24-12-5-6-22(9-12)16(23)21-11-2-3-13(18)14(19)7-11/h1-4,7-8,12H,5-6,9H2,(H,21,23). The second-order valence-corrected chi connectivity index (χ2v) is 7.08. The van der Waals surface area contributed by atoms with Crippen LogP contribution in [-0.2, 0) is 0 Å². The van der Waals surface area contributed by atoms with Crippen LogP contribution in [0.15, 0.2) is 41.0 Å². The fourth-order valence-corrected chi connectivity index (χ4v) is 2.92. The Balaban J connectivity index is 1.55. The third-order valence-corrected chi connectivity index (χ3v) is 4.80. The Morgan fingerprint density at radius 3 is 2.83 bits per heavy atom. The number of pyridine rings is 1. The van der Waals surface area contributed by atoms with Crippen molar-refractivity contribution in [3.63, 3.8) is 0 Å². The van der Waals surface area contributed by atoms with Crippen molar-refractivity contribution in [1.82, 2.24) is 9.88 Å². The van der Waals surface area contributed by atoms with E-state index < -0.39 is 0 Å². The Hall–Kier alpha value is -1.50. The Bertz CT molecular complexity index is 743. The van der Waals surface area contributed by atoms with Crippen LogP contribution >= 0.6 is 39.1 Å². The molecule has 1 aliphatic rings. The van der Waals surface area contributed by atoms with Crippen molar-refractivity contribution >= 4 is 50.9 Å². The van der Waals surface area contributed by atoms with E-state index in [0.717, 1.165) is 10.9 Å². The molecular weight excluding hydrogens is 417 g/mol. The summed E-state index contributed by atoms with van der Waals surface area (Å²) in [7, 11) is 0. The number of rotatable bonds is 3. The normalized spacial score (nSPS) is 17.0. The maximum Gasteiger partial charge on any atom is 0.321 e. The topological polar surface area (TPSA) is 54.5 Å². The number of carbonyl (C=O) groups is 1. The van der Waals surface area contributed by atoms with Crippen molar-refractivity contribution in [2.24, 2.45) is 0 Å². The molecule has 1 aromatic carbocycles. The van der Waals surface area contributed by atoms with Crippen LogP contribution in [0.2, 0.25) is 10.0 Å². The number of halogens is 3. The molecule has 126 valence electrons. The van der Waals surface area contributed by atoms with Crippen LogP contribution < -0.4 is 10.1 Å². The smallest absolute Gasteiger partial charge is 0.321 e. The fraction of sp³-hybridized carbons (Fsp3) is 0.250. The summed E-state index contributed by atoms with van der Waals surface area (Å²) in [5.74, 6) is 0.551. The first kappa shape index (κ1) is 17.3. The number of nitrogens with zero attached hydrogens (tertiary/aromatic N) is 2. The summed E-state index contributed by atoms with van der Waals surface area (Å²) in [4.78, 5) is 18.2. The molecule has 1 saturated heterocycles. The van der Waals surface area contributed by atoms with E-state index in [2.05, 4.69) is 26.2 Å². The van der Waals surface area contributed by atoms with Crippen molar-refractivity contribution in [2.45, 2.75) is 12.5 Å². The fourth-order valence-electron chi connectivity index (χ4n) is 2.39. The SMILES string of the molecule is O=C(Nc1ccc(Cl)c(Cl)c1)N1CCC(Oc2ccc(Br)cn2)C1. The Morgan fingerprint density at radius 2 is 2.12 bits per heavy atom. The summed E-state index contributed by atoms with van der Waals surface area (Å²) in [6, 6.07) is 8.45. The first-order valence-electron chi connectivity index (χ1n) is 7.30. The van der Waals surface area contributed by atoms with E-state index in [0.29, 0.717) is 34.7 Å². The van der Waals surface area contributed by atoms with Gasteiger partial charge in [0.2, 0.25) is 5.88 Å². The number of carbonyl (C=O) groups excluding carboxylic acids is 1. The van der Waals surface area contributed by atoms with Crippen molar-refractivity contribution in [1.29, 1.82) is 0 Å². The highest BCUT2D eigenvalue weighted by molar-refractivity contribution is 9.10. The van der Waals surface area contributed by atoms with Crippen molar-refractivity contribution in [3.05, 3.63) is 51.0 Å². The molecule has 8 heteroatoms. The van der Waals surface area contributed by atoms with Crippen molar-refractivity contribution < 1.29 is 9.53 Å². The van der Waals surface area contributed by atoms with E-state index in [1.54, 1.807) is 35.4 Å². The van der Waals surface area contributed by atoms with Gasteiger partial charge in [0.1, 0.15) is 6.10 Å². The molecule has 2 heterocycles. The molecule has 0 spiro atoms. The van der Waals surface area contributed by atoms with Gasteiger partial charge < -0.3 is 15.0 Å². The lowest BCUT2D eigenvalue weighted by atomic mass is 10.3. The van der Waals surface area contributed by atoms with Crippen LogP contribution in [-0.4, -0.2) is 35.1 Å². The molecular formula is C16H14BrCl2N3O2. The molecule has 0 bridgehead atoms. The number of amides is 2. The van der Waals surface area contributed by atoms with Crippen LogP contribution in [0.3, 0.4) is 0 Å². The average molecular weight is 431 g/mol. The van der Waals surface area contributed by atoms with Crippen molar-refractivity contribution in [2.75, 3.05) is 18.4 Å². The van der Waals surface area contributed by atoms with E-state index in [1.807, 2.05) is 6.07 Å². The lowest BCUT2D eigenvalue weighted by Crippen LogP contribution is -2.34. The molecule has 1 aromatic heterocycles. The molecule has 2 amide bonds. The van der Waals surface area contributed by atoms with E-state index in [4.69, 9.17) is 27.9 Å². The number of urea groups is 1. The summed E-state index contributed by atoms with van der Waals surface area (Å²) in [6.07, 6.45) is 2.37. The van der Waals surface area contributed by atoms with E-state index in [9.17, 15) is 4.79 Å². The molecule has 0 radical (unpaired) electrons. The monoisotopic (exact) mass is 429 g/mol. The average Bonchev–Trinajstić information content (AvgIpc) is 3.02. The van der Waals surface area contributed by atoms with Gasteiger partial charge in [0.25, 0.3) is 0 Å². The highest BCUT2D eigenvalue weighted by Gasteiger charge is 2.28. The summed E-state index contributed by atoms with van der Waals surface area (Å²) >= 11 is 15.2. The van der Waals surface area contributed by atoms with Gasteiger partial charge in [-0.05, 0) is 40.2 Å². The van der Waals surface area contributed by atoms with Gasteiger partial charge in [-0.2, -0.15) is 0 Å². The number of anilines is 1. The molecule has 2 aromatic rings. The summed E-state index contributed by atoms with van der Waals surface area (Å²) in [5.41, 5.74) is 0.605. The minimum atomic E-state index is -0.191. The van der Waals surface area contributed by atoms with Gasteiger partial charge in [-0.1, -0.05) is 23.2 Å². The van der Waals surface area contributed by atoms with Gasteiger partial charge in [0.15, 0.2) is 0 Å². The Labute approximate surface area is 158 Å². The largest absolute Gasteiger partial charge is 0.472 e. The van der Waals surface area contributed by atoms with E-state index >= 15 is 0 Å². The van der Waals surface area contributed by atoms with Gasteiger partial charge in [-0.15, -0.1) is 0 Å². The van der Waals surface area contributed by atoms with Gasteiger partial charge >= 0.3 is 6.03 Å². The summed E-state index contributed by atoms with van der Waals surface area (Å²) < 4.78 is 6.70.